The van der Waals surface area contributed by atoms with Crippen LogP contribution in [0.5, 0.6) is 11.5 Å². The minimum absolute atomic E-state index is 0.0946. The molecule has 2 rings (SSSR count). The first-order chi connectivity index (χ1) is 15.9. The Labute approximate surface area is 200 Å². The summed E-state index contributed by atoms with van der Waals surface area (Å²) in [4.78, 5) is 0. The summed E-state index contributed by atoms with van der Waals surface area (Å²) in [6.45, 7) is 18.4. The van der Waals surface area contributed by atoms with Gasteiger partial charge in [0.25, 0.3) is 0 Å². The van der Waals surface area contributed by atoms with E-state index in [1.807, 2.05) is 24.3 Å². The van der Waals surface area contributed by atoms with E-state index in [1.54, 1.807) is 12.2 Å². The molecule has 0 radical (unpaired) electrons. The standard InChI is InChI=1S/C29H40O4/c1-7-19-30-21-17-23(3)32-27-13-9-25(10-14-27)29(5,6)26-11-15-28(16-12-26)33-24(4)18-22-31-20-8-2/h7-16,23-24H,1-2,17-22H2,3-6H3. The number of hydrogen-bond acceptors (Lipinski definition) is 4. The molecule has 2 aromatic carbocycles. The highest BCUT2D eigenvalue weighted by molar-refractivity contribution is 5.41. The van der Waals surface area contributed by atoms with Gasteiger partial charge in [-0.05, 0) is 49.2 Å². The highest BCUT2D eigenvalue weighted by Gasteiger charge is 2.23. The fourth-order valence-electron chi connectivity index (χ4n) is 3.48. The molecule has 4 heteroatoms. The van der Waals surface area contributed by atoms with Gasteiger partial charge in [0.2, 0.25) is 0 Å². The molecular weight excluding hydrogens is 412 g/mol. The van der Waals surface area contributed by atoms with E-state index in [-0.39, 0.29) is 17.6 Å². The zero-order valence-corrected chi connectivity index (χ0v) is 20.7. The molecule has 0 bridgehead atoms. The van der Waals surface area contributed by atoms with Crippen LogP contribution in [0, 0.1) is 0 Å². The lowest BCUT2D eigenvalue weighted by molar-refractivity contribution is 0.115. The first-order valence-corrected chi connectivity index (χ1v) is 11.8. The molecule has 0 aliphatic rings. The molecule has 2 aromatic rings. The molecular formula is C29H40O4. The predicted octanol–water partition coefficient (Wildman–Crippen LogP) is 6.73. The third kappa shape index (κ3) is 9.07. The maximum Gasteiger partial charge on any atom is 0.119 e. The van der Waals surface area contributed by atoms with E-state index in [1.165, 1.54) is 11.1 Å². The lowest BCUT2D eigenvalue weighted by Crippen LogP contribution is -2.19. The van der Waals surface area contributed by atoms with E-state index in [0.29, 0.717) is 26.4 Å². The Balaban J connectivity index is 1.91. The summed E-state index contributed by atoms with van der Waals surface area (Å²) in [7, 11) is 0. The topological polar surface area (TPSA) is 36.9 Å². The van der Waals surface area contributed by atoms with Crippen LogP contribution in [0.4, 0.5) is 0 Å². The Morgan fingerprint density at radius 2 is 1.06 bits per heavy atom. The third-order valence-electron chi connectivity index (χ3n) is 5.64. The Kier molecular flexibility index (Phi) is 11.2. The second kappa shape index (κ2) is 13.9. The van der Waals surface area contributed by atoms with Crippen molar-refractivity contribution in [3.05, 3.63) is 85.0 Å². The van der Waals surface area contributed by atoms with Gasteiger partial charge in [-0.15, -0.1) is 13.2 Å². The Bertz CT molecular complexity index is 754. The first kappa shape index (κ1) is 26.7. The minimum Gasteiger partial charge on any atom is -0.491 e. The van der Waals surface area contributed by atoms with Crippen LogP contribution in [0.15, 0.2) is 73.8 Å². The molecule has 0 aromatic heterocycles. The van der Waals surface area contributed by atoms with Gasteiger partial charge in [0.05, 0.1) is 38.6 Å². The Morgan fingerprint density at radius 1 is 0.697 bits per heavy atom. The highest BCUT2D eigenvalue weighted by atomic mass is 16.5. The maximum absolute atomic E-state index is 6.03. The molecule has 180 valence electrons. The molecule has 0 aliphatic heterocycles. The van der Waals surface area contributed by atoms with Crippen LogP contribution in [0.25, 0.3) is 0 Å². The quantitative estimate of drug-likeness (QED) is 0.209. The fraction of sp³-hybridized carbons (Fsp3) is 0.448. The predicted molar refractivity (Wildman–Crippen MR) is 136 cm³/mol. The molecule has 0 saturated heterocycles. The number of benzene rings is 2. The summed E-state index contributed by atoms with van der Waals surface area (Å²) in [5, 5.41) is 0. The number of ether oxygens (including phenoxy) is 4. The van der Waals surface area contributed by atoms with Crippen LogP contribution in [0.1, 0.15) is 51.7 Å². The van der Waals surface area contributed by atoms with Gasteiger partial charge in [0.15, 0.2) is 0 Å². The average Bonchev–Trinajstić information content (AvgIpc) is 2.80. The molecule has 0 amide bonds. The second-order valence-electron chi connectivity index (χ2n) is 8.84. The summed E-state index contributed by atoms with van der Waals surface area (Å²) in [5.74, 6) is 1.75. The van der Waals surface area contributed by atoms with Crippen molar-refractivity contribution in [2.24, 2.45) is 0 Å². The van der Waals surface area contributed by atoms with Crippen molar-refractivity contribution in [2.75, 3.05) is 26.4 Å². The largest absolute Gasteiger partial charge is 0.491 e. The maximum atomic E-state index is 6.03. The van der Waals surface area contributed by atoms with E-state index in [2.05, 4.69) is 65.1 Å². The normalized spacial score (nSPS) is 13.2. The molecule has 2 unspecified atom stereocenters. The van der Waals surface area contributed by atoms with Crippen molar-refractivity contribution in [2.45, 2.75) is 58.2 Å². The first-order valence-electron chi connectivity index (χ1n) is 11.8. The van der Waals surface area contributed by atoms with Crippen LogP contribution >= 0.6 is 0 Å². The molecule has 0 N–H and O–H groups in total. The van der Waals surface area contributed by atoms with Crippen LogP contribution in [-0.2, 0) is 14.9 Å². The van der Waals surface area contributed by atoms with Crippen molar-refractivity contribution >= 4 is 0 Å². The summed E-state index contributed by atoms with van der Waals surface area (Å²) < 4.78 is 22.9. The Hall–Kier alpha value is -2.56. The number of hydrogen-bond donors (Lipinski definition) is 0. The summed E-state index contributed by atoms with van der Waals surface area (Å²) >= 11 is 0. The average molecular weight is 453 g/mol. The van der Waals surface area contributed by atoms with Gasteiger partial charge in [-0.25, -0.2) is 0 Å². The van der Waals surface area contributed by atoms with Crippen molar-refractivity contribution in [1.82, 2.24) is 0 Å². The molecule has 0 spiro atoms. The van der Waals surface area contributed by atoms with Crippen LogP contribution < -0.4 is 9.47 Å². The molecule has 2 atom stereocenters. The van der Waals surface area contributed by atoms with E-state index < -0.39 is 0 Å². The molecule has 0 fully saturated rings. The molecule has 0 heterocycles. The Morgan fingerprint density at radius 3 is 1.39 bits per heavy atom. The van der Waals surface area contributed by atoms with Crippen LogP contribution in [0.2, 0.25) is 0 Å². The van der Waals surface area contributed by atoms with Crippen molar-refractivity contribution in [3.63, 3.8) is 0 Å². The lowest BCUT2D eigenvalue weighted by atomic mass is 9.78. The van der Waals surface area contributed by atoms with Crippen molar-refractivity contribution < 1.29 is 18.9 Å². The van der Waals surface area contributed by atoms with Gasteiger partial charge in [-0.3, -0.25) is 0 Å². The molecule has 4 nitrogen and oxygen atoms in total. The van der Waals surface area contributed by atoms with Crippen LogP contribution in [0.3, 0.4) is 0 Å². The van der Waals surface area contributed by atoms with Gasteiger partial charge in [-0.1, -0.05) is 50.3 Å². The SMILES string of the molecule is C=CCOCCC(C)Oc1ccc(C(C)(C)c2ccc(OC(C)CCOCC=C)cc2)cc1. The van der Waals surface area contributed by atoms with E-state index in [9.17, 15) is 0 Å². The molecule has 0 saturated carbocycles. The van der Waals surface area contributed by atoms with Gasteiger partial charge in [-0.2, -0.15) is 0 Å². The van der Waals surface area contributed by atoms with E-state index in [4.69, 9.17) is 18.9 Å². The second-order valence-corrected chi connectivity index (χ2v) is 8.84. The van der Waals surface area contributed by atoms with Gasteiger partial charge in [0.1, 0.15) is 11.5 Å². The van der Waals surface area contributed by atoms with Crippen LogP contribution in [-0.4, -0.2) is 38.6 Å². The summed E-state index contributed by atoms with van der Waals surface area (Å²) in [6.07, 6.45) is 5.39. The highest BCUT2D eigenvalue weighted by Crippen LogP contribution is 2.33. The zero-order chi connectivity index (χ0) is 24.1. The molecule has 0 aliphatic carbocycles. The van der Waals surface area contributed by atoms with Gasteiger partial charge < -0.3 is 18.9 Å². The third-order valence-corrected chi connectivity index (χ3v) is 5.64. The minimum atomic E-state index is -0.134. The van der Waals surface area contributed by atoms with Crippen molar-refractivity contribution in [1.29, 1.82) is 0 Å². The van der Waals surface area contributed by atoms with E-state index >= 15 is 0 Å². The number of rotatable bonds is 16. The van der Waals surface area contributed by atoms with Gasteiger partial charge >= 0.3 is 0 Å². The lowest BCUT2D eigenvalue weighted by Gasteiger charge is -2.27. The summed E-state index contributed by atoms with van der Waals surface area (Å²) in [6, 6.07) is 16.8. The van der Waals surface area contributed by atoms with Gasteiger partial charge in [0, 0.05) is 18.3 Å². The molecule has 33 heavy (non-hydrogen) atoms. The zero-order valence-electron chi connectivity index (χ0n) is 20.7. The smallest absolute Gasteiger partial charge is 0.119 e. The summed E-state index contributed by atoms with van der Waals surface area (Å²) in [5.41, 5.74) is 2.34. The van der Waals surface area contributed by atoms with Crippen molar-refractivity contribution in [3.8, 4) is 11.5 Å². The van der Waals surface area contributed by atoms with E-state index in [0.717, 1.165) is 24.3 Å². The fourth-order valence-corrected chi connectivity index (χ4v) is 3.48. The monoisotopic (exact) mass is 452 g/mol.